The van der Waals surface area contributed by atoms with E-state index in [4.69, 9.17) is 4.74 Å². The average Bonchev–Trinajstić information content (AvgIpc) is 3.29. The molecule has 0 atom stereocenters. The topological polar surface area (TPSA) is 141 Å². The van der Waals surface area contributed by atoms with E-state index >= 15 is 0 Å². The van der Waals surface area contributed by atoms with Gasteiger partial charge in [-0.2, -0.15) is 10.1 Å². The summed E-state index contributed by atoms with van der Waals surface area (Å²) >= 11 is 0. The fraction of sp³-hybridized carbons (Fsp3) is 0.174. The highest BCUT2D eigenvalue weighted by Crippen LogP contribution is 2.33. The van der Waals surface area contributed by atoms with Crippen molar-refractivity contribution in [1.82, 2.24) is 30.0 Å². The van der Waals surface area contributed by atoms with E-state index in [2.05, 4.69) is 30.1 Å². The van der Waals surface area contributed by atoms with E-state index in [1.807, 2.05) is 31.2 Å². The number of anilines is 1. The fourth-order valence-corrected chi connectivity index (χ4v) is 4.20. The molecule has 1 amide bonds. The van der Waals surface area contributed by atoms with Crippen LogP contribution < -0.4 is 14.8 Å². The Kier molecular flexibility index (Phi) is 6.47. The lowest BCUT2D eigenvalue weighted by atomic mass is 10.0. The number of aromatic nitrogens is 5. The molecule has 0 aliphatic rings. The van der Waals surface area contributed by atoms with Crippen LogP contribution in [-0.4, -0.2) is 46.1 Å². The first-order valence-corrected chi connectivity index (χ1v) is 12.0. The molecule has 4 aromatic rings. The minimum atomic E-state index is -3.99. The zero-order chi connectivity index (χ0) is 25.2. The first-order chi connectivity index (χ1) is 16.7. The highest BCUT2D eigenvalue weighted by atomic mass is 32.2. The summed E-state index contributed by atoms with van der Waals surface area (Å²) in [6.45, 7) is 3.71. The van der Waals surface area contributed by atoms with Gasteiger partial charge in [-0.15, -0.1) is 0 Å². The van der Waals surface area contributed by atoms with Gasteiger partial charge in [0.2, 0.25) is 11.8 Å². The number of nitrogens with zero attached hydrogens (tertiary/aromatic N) is 5. The van der Waals surface area contributed by atoms with E-state index in [9.17, 15) is 13.2 Å². The Morgan fingerprint density at radius 2 is 1.83 bits per heavy atom. The van der Waals surface area contributed by atoms with E-state index in [1.54, 1.807) is 20.0 Å². The van der Waals surface area contributed by atoms with Gasteiger partial charge in [0.15, 0.2) is 0 Å². The number of ether oxygens (including phenoxy) is 1. The van der Waals surface area contributed by atoms with Gasteiger partial charge in [0, 0.05) is 31.4 Å². The van der Waals surface area contributed by atoms with Gasteiger partial charge < -0.3 is 10.1 Å². The van der Waals surface area contributed by atoms with Crippen molar-refractivity contribution in [2.45, 2.75) is 18.7 Å². The van der Waals surface area contributed by atoms with Gasteiger partial charge in [-0.05, 0) is 31.5 Å². The third-order valence-electron chi connectivity index (χ3n) is 5.13. The van der Waals surface area contributed by atoms with Crippen molar-refractivity contribution in [3.63, 3.8) is 0 Å². The number of sulfonamides is 1. The molecule has 0 saturated heterocycles. The molecule has 0 aliphatic heterocycles. The predicted molar refractivity (Wildman–Crippen MR) is 129 cm³/mol. The van der Waals surface area contributed by atoms with E-state index in [0.29, 0.717) is 17.0 Å². The lowest BCUT2D eigenvalue weighted by Gasteiger charge is -2.15. The Hall–Kier alpha value is -4.32. The van der Waals surface area contributed by atoms with Gasteiger partial charge in [-0.1, -0.05) is 24.3 Å². The van der Waals surface area contributed by atoms with Crippen molar-refractivity contribution in [3.05, 3.63) is 71.8 Å². The third-order valence-corrected chi connectivity index (χ3v) is 6.41. The summed E-state index contributed by atoms with van der Waals surface area (Å²) in [5.41, 5.74) is 3.07. The highest BCUT2D eigenvalue weighted by molar-refractivity contribution is 7.92. The SMILES string of the molecule is CNC(=O)c1ccc(Oc2nc(NS(=O)(=O)c3cnn(C)c3)nc(-c3ccccc3C)c2C)cn1. The Morgan fingerprint density at radius 3 is 2.46 bits per heavy atom. The molecule has 0 radical (unpaired) electrons. The van der Waals surface area contributed by atoms with Crippen molar-refractivity contribution in [3.8, 4) is 22.9 Å². The normalized spacial score (nSPS) is 11.2. The molecule has 0 unspecified atom stereocenters. The summed E-state index contributed by atoms with van der Waals surface area (Å²) in [6, 6.07) is 10.7. The zero-order valence-corrected chi connectivity index (χ0v) is 20.3. The molecule has 2 N–H and O–H groups in total. The number of hydrogen-bond acceptors (Lipinski definition) is 8. The Balaban J connectivity index is 1.77. The molecule has 12 heteroatoms. The highest BCUT2D eigenvalue weighted by Gasteiger charge is 2.22. The molecule has 1 aromatic carbocycles. The summed E-state index contributed by atoms with van der Waals surface area (Å²) in [7, 11) is -0.861. The van der Waals surface area contributed by atoms with Crippen molar-refractivity contribution >= 4 is 21.9 Å². The minimum absolute atomic E-state index is 0.0296. The molecular weight excluding hydrogens is 470 g/mol. The molecule has 0 spiro atoms. The predicted octanol–water partition coefficient (Wildman–Crippen LogP) is 2.84. The summed E-state index contributed by atoms with van der Waals surface area (Å²) in [5, 5.41) is 6.41. The lowest BCUT2D eigenvalue weighted by Crippen LogP contribution is -2.18. The fourth-order valence-electron chi connectivity index (χ4n) is 3.27. The minimum Gasteiger partial charge on any atom is -0.437 e. The second-order valence-corrected chi connectivity index (χ2v) is 9.34. The molecule has 0 saturated carbocycles. The second-order valence-electron chi connectivity index (χ2n) is 7.66. The van der Waals surface area contributed by atoms with Gasteiger partial charge >= 0.3 is 0 Å². The maximum atomic E-state index is 12.9. The van der Waals surface area contributed by atoms with E-state index in [-0.39, 0.29) is 28.3 Å². The third kappa shape index (κ3) is 5.11. The molecule has 11 nitrogen and oxygen atoms in total. The summed E-state index contributed by atoms with van der Waals surface area (Å²) in [5.74, 6) is -0.0424. The average molecular weight is 494 g/mol. The van der Waals surface area contributed by atoms with Crippen molar-refractivity contribution in [1.29, 1.82) is 0 Å². The maximum Gasteiger partial charge on any atom is 0.269 e. The number of carbonyl (C=O) groups excluding carboxylic acids is 1. The number of hydrogen-bond donors (Lipinski definition) is 2. The van der Waals surface area contributed by atoms with Crippen LogP contribution in [0.5, 0.6) is 11.6 Å². The number of carbonyl (C=O) groups is 1. The molecule has 4 rings (SSSR count). The van der Waals surface area contributed by atoms with E-state index < -0.39 is 10.0 Å². The van der Waals surface area contributed by atoms with Crippen LogP contribution >= 0.6 is 0 Å². The largest absolute Gasteiger partial charge is 0.437 e. The van der Waals surface area contributed by atoms with Crippen LogP contribution in [-0.2, 0) is 17.1 Å². The Bertz CT molecular complexity index is 1500. The van der Waals surface area contributed by atoms with Crippen molar-refractivity contribution in [2.24, 2.45) is 7.05 Å². The first kappa shape index (κ1) is 23.8. The van der Waals surface area contributed by atoms with Gasteiger partial charge in [0.05, 0.1) is 18.1 Å². The van der Waals surface area contributed by atoms with Crippen LogP contribution in [0.1, 0.15) is 21.6 Å². The number of benzene rings is 1. The van der Waals surface area contributed by atoms with Gasteiger partial charge in [0.25, 0.3) is 15.9 Å². The van der Waals surface area contributed by atoms with Crippen molar-refractivity contribution in [2.75, 3.05) is 11.8 Å². The molecule has 0 bridgehead atoms. The maximum absolute atomic E-state index is 12.9. The number of pyridine rings is 1. The quantitative estimate of drug-likeness (QED) is 0.400. The Labute approximate surface area is 202 Å². The van der Waals surface area contributed by atoms with Crippen LogP contribution in [0.3, 0.4) is 0 Å². The number of nitrogens with one attached hydrogen (secondary N) is 2. The molecule has 3 aromatic heterocycles. The molecule has 0 fully saturated rings. The standard InChI is InChI=1S/C23H23N7O4S/c1-14-7-5-6-8-18(14)20-15(2)22(34-16-9-10-19(25-11-16)21(31)24-3)28-23(27-20)29-35(32,33)17-12-26-30(4)13-17/h5-13H,1-4H3,(H,24,31)(H,27,28,29). The van der Waals surface area contributed by atoms with Crippen LogP contribution in [0.15, 0.2) is 59.9 Å². The van der Waals surface area contributed by atoms with Crippen LogP contribution in [0.25, 0.3) is 11.3 Å². The van der Waals surface area contributed by atoms with Crippen LogP contribution in [0.2, 0.25) is 0 Å². The molecular formula is C23H23N7O4S. The van der Waals surface area contributed by atoms with Gasteiger partial charge in [0.1, 0.15) is 16.3 Å². The van der Waals surface area contributed by atoms with Gasteiger partial charge in [-0.25, -0.2) is 23.1 Å². The second kappa shape index (κ2) is 9.50. The van der Waals surface area contributed by atoms with E-state index in [1.165, 1.54) is 36.4 Å². The lowest BCUT2D eigenvalue weighted by molar-refractivity contribution is 0.0958. The Morgan fingerprint density at radius 1 is 1.06 bits per heavy atom. The summed E-state index contributed by atoms with van der Waals surface area (Å²) < 4.78 is 35.5. The van der Waals surface area contributed by atoms with Crippen LogP contribution in [0.4, 0.5) is 5.95 Å². The first-order valence-electron chi connectivity index (χ1n) is 10.5. The molecule has 3 heterocycles. The zero-order valence-electron chi connectivity index (χ0n) is 19.5. The summed E-state index contributed by atoms with van der Waals surface area (Å²) in [4.78, 5) is 24.6. The number of aryl methyl sites for hydroxylation is 2. The summed E-state index contributed by atoms with van der Waals surface area (Å²) in [6.07, 6.45) is 3.99. The molecule has 0 aliphatic carbocycles. The van der Waals surface area contributed by atoms with Crippen molar-refractivity contribution < 1.29 is 17.9 Å². The molecule has 35 heavy (non-hydrogen) atoms. The number of amides is 1. The molecule has 180 valence electrons. The van der Waals surface area contributed by atoms with E-state index in [0.717, 1.165) is 11.1 Å². The number of rotatable bonds is 7. The van der Waals surface area contributed by atoms with Crippen LogP contribution in [0, 0.1) is 13.8 Å². The monoisotopic (exact) mass is 493 g/mol. The van der Waals surface area contributed by atoms with Gasteiger partial charge in [-0.3, -0.25) is 9.48 Å². The smallest absolute Gasteiger partial charge is 0.269 e.